The summed E-state index contributed by atoms with van der Waals surface area (Å²) in [6.45, 7) is 34.7. The van der Waals surface area contributed by atoms with Crippen molar-refractivity contribution in [2.45, 2.75) is 91.8 Å². The van der Waals surface area contributed by atoms with Gasteiger partial charge in [-0.15, -0.1) is 12.1 Å². The molecule has 2 rings (SSSR count). The number of nitrogens with two attached hydrogens (primary N) is 1. The Bertz CT molecular complexity index is 1020. The van der Waals surface area contributed by atoms with Crippen LogP contribution in [0.2, 0.25) is 5.82 Å². The number of benzene rings is 1. The highest BCUT2D eigenvalue weighted by Crippen LogP contribution is 2.39. The molecule has 0 bridgehead atoms. The highest BCUT2D eigenvalue weighted by Gasteiger charge is 2.31. The Morgan fingerprint density at radius 3 is 2.27 bits per heavy atom. The zero-order valence-corrected chi connectivity index (χ0v) is 26.9. The lowest BCUT2D eigenvalue weighted by molar-refractivity contribution is 0.396. The number of nitrogens with zero attached hydrogens (tertiary/aromatic N) is 1. The SMILES string of the molecule is C=C([B]C(C(C)C)[C@@H](CCCNC(=C)N)C(=C)Nc1ccc(CC)cc1)CCCCCN1C(=C)CC(C(C)C)C1=C. The molecule has 0 aliphatic carbocycles. The van der Waals surface area contributed by atoms with Crippen LogP contribution in [0, 0.1) is 23.7 Å². The highest BCUT2D eigenvalue weighted by atomic mass is 15.2. The number of unbranched alkanes of at least 4 members (excludes halogenated alkanes) is 2. The van der Waals surface area contributed by atoms with Crippen LogP contribution in [-0.2, 0) is 6.42 Å². The summed E-state index contributed by atoms with van der Waals surface area (Å²) in [5, 5.41) is 6.81. The van der Waals surface area contributed by atoms with E-state index in [9.17, 15) is 0 Å². The molecule has 1 aromatic carbocycles. The molecular weight excluding hydrogens is 499 g/mol. The van der Waals surface area contributed by atoms with E-state index in [2.05, 4.69) is 115 Å². The molecule has 1 aromatic rings. The molecule has 225 valence electrons. The summed E-state index contributed by atoms with van der Waals surface area (Å²) in [7, 11) is 2.43. The maximum atomic E-state index is 5.74. The number of rotatable bonds is 20. The summed E-state index contributed by atoms with van der Waals surface area (Å²) in [5.74, 6) is 2.78. The van der Waals surface area contributed by atoms with Crippen molar-refractivity contribution in [1.82, 2.24) is 10.2 Å². The zero-order chi connectivity index (χ0) is 30.5. The van der Waals surface area contributed by atoms with Crippen molar-refractivity contribution < 1.29 is 0 Å². The van der Waals surface area contributed by atoms with Gasteiger partial charge in [0.15, 0.2) is 0 Å². The van der Waals surface area contributed by atoms with E-state index >= 15 is 0 Å². The predicted octanol–water partition coefficient (Wildman–Crippen LogP) is 8.82. The largest absolute Gasteiger partial charge is 0.386 e. The maximum Gasteiger partial charge on any atom is 0.149 e. The van der Waals surface area contributed by atoms with Crippen molar-refractivity contribution in [3.8, 4) is 0 Å². The molecule has 0 spiro atoms. The van der Waals surface area contributed by atoms with Crippen LogP contribution in [0.3, 0.4) is 0 Å². The lowest BCUT2D eigenvalue weighted by atomic mass is 9.49. The van der Waals surface area contributed by atoms with E-state index in [1.165, 1.54) is 28.9 Å². The first-order valence-corrected chi connectivity index (χ1v) is 15.8. The van der Waals surface area contributed by atoms with Gasteiger partial charge in [0, 0.05) is 41.8 Å². The number of anilines is 1. The predicted molar refractivity (Wildman–Crippen MR) is 183 cm³/mol. The van der Waals surface area contributed by atoms with Gasteiger partial charge in [0.2, 0.25) is 0 Å². The van der Waals surface area contributed by atoms with Crippen molar-refractivity contribution >= 4 is 13.0 Å². The number of hydrogen-bond acceptors (Lipinski definition) is 4. The van der Waals surface area contributed by atoms with Crippen LogP contribution >= 0.6 is 0 Å². The molecule has 1 heterocycles. The molecule has 4 nitrogen and oxygen atoms in total. The second kappa shape index (κ2) is 17.2. The molecular formula is C36H58BN4. The fraction of sp³-hybridized carbons (Fsp3) is 0.556. The van der Waals surface area contributed by atoms with Gasteiger partial charge in [0.1, 0.15) is 7.28 Å². The summed E-state index contributed by atoms with van der Waals surface area (Å²) in [6, 6.07) is 8.69. The van der Waals surface area contributed by atoms with Gasteiger partial charge in [-0.1, -0.05) is 97.6 Å². The third-order valence-electron chi connectivity index (χ3n) is 8.62. The van der Waals surface area contributed by atoms with Crippen LogP contribution in [0.15, 0.2) is 85.5 Å². The smallest absolute Gasteiger partial charge is 0.149 e. The third-order valence-corrected chi connectivity index (χ3v) is 8.62. The van der Waals surface area contributed by atoms with Crippen LogP contribution in [0.5, 0.6) is 0 Å². The minimum absolute atomic E-state index is 0.284. The van der Waals surface area contributed by atoms with Crippen LogP contribution in [0.4, 0.5) is 5.69 Å². The number of hydrogen-bond donors (Lipinski definition) is 3. The van der Waals surface area contributed by atoms with Crippen molar-refractivity contribution in [1.29, 1.82) is 0 Å². The Labute approximate surface area is 253 Å². The first kappa shape index (κ1) is 34.4. The van der Waals surface area contributed by atoms with Gasteiger partial charge in [-0.2, -0.15) is 0 Å². The Kier molecular flexibility index (Phi) is 14.4. The Morgan fingerprint density at radius 2 is 1.71 bits per heavy atom. The van der Waals surface area contributed by atoms with Crippen molar-refractivity contribution in [3.63, 3.8) is 0 Å². The van der Waals surface area contributed by atoms with Crippen molar-refractivity contribution in [3.05, 3.63) is 91.1 Å². The second-order valence-electron chi connectivity index (χ2n) is 12.6. The topological polar surface area (TPSA) is 53.3 Å². The standard InChI is InChI=1S/C36H58BN4/c1-11-32-18-20-33(21-19-32)40-29(8)34(17-15-22-39-31(10)38)36(26(4)5)37-27(6)16-13-12-14-23-41-28(7)24-35(25(2)3)30(41)9/h18-21,25-26,34-36,39-40H,6-17,22-24,38H2,1-5H3/t34-,35?,36?/m0/s1. The fourth-order valence-electron chi connectivity index (χ4n) is 6.01. The fourth-order valence-corrected chi connectivity index (χ4v) is 6.01. The molecule has 3 atom stereocenters. The van der Waals surface area contributed by atoms with Gasteiger partial charge >= 0.3 is 0 Å². The molecule has 41 heavy (non-hydrogen) atoms. The first-order valence-electron chi connectivity index (χ1n) is 15.8. The van der Waals surface area contributed by atoms with E-state index in [1.54, 1.807) is 0 Å². The number of nitrogens with one attached hydrogen (secondary N) is 2. The summed E-state index contributed by atoms with van der Waals surface area (Å²) in [6.07, 6.45) is 8.61. The summed E-state index contributed by atoms with van der Waals surface area (Å²) >= 11 is 0. The molecule has 1 saturated heterocycles. The van der Waals surface area contributed by atoms with Gasteiger partial charge in [0.25, 0.3) is 0 Å². The molecule has 0 saturated carbocycles. The van der Waals surface area contributed by atoms with Crippen LogP contribution in [0.25, 0.3) is 0 Å². The molecule has 0 amide bonds. The van der Waals surface area contributed by atoms with E-state index in [1.807, 2.05) is 0 Å². The summed E-state index contributed by atoms with van der Waals surface area (Å²) in [5.41, 5.74) is 13.0. The molecule has 1 aliphatic rings. The van der Waals surface area contributed by atoms with Gasteiger partial charge in [-0.3, -0.25) is 0 Å². The summed E-state index contributed by atoms with van der Waals surface area (Å²) < 4.78 is 0. The van der Waals surface area contributed by atoms with Gasteiger partial charge in [-0.25, -0.2) is 0 Å². The van der Waals surface area contributed by atoms with E-state index in [0.717, 1.165) is 69.4 Å². The van der Waals surface area contributed by atoms with Crippen molar-refractivity contribution in [2.24, 2.45) is 29.4 Å². The third kappa shape index (κ3) is 11.2. The average Bonchev–Trinajstić information content (AvgIpc) is 3.20. The van der Waals surface area contributed by atoms with E-state index in [0.29, 0.717) is 29.4 Å². The van der Waals surface area contributed by atoms with Gasteiger partial charge in [0.05, 0.1) is 5.82 Å². The second-order valence-corrected chi connectivity index (χ2v) is 12.6. The van der Waals surface area contributed by atoms with Gasteiger partial charge in [-0.05, 0) is 68.1 Å². The van der Waals surface area contributed by atoms with E-state index < -0.39 is 0 Å². The highest BCUT2D eigenvalue weighted by molar-refractivity contribution is 6.47. The minimum Gasteiger partial charge on any atom is -0.386 e. The molecule has 1 fully saturated rings. The molecule has 1 radical (unpaired) electrons. The molecule has 0 aromatic heterocycles. The van der Waals surface area contributed by atoms with Crippen LogP contribution in [0.1, 0.15) is 85.1 Å². The van der Waals surface area contributed by atoms with Crippen LogP contribution in [-0.4, -0.2) is 25.3 Å². The first-order chi connectivity index (χ1) is 19.4. The minimum atomic E-state index is 0.284. The molecule has 5 heteroatoms. The monoisotopic (exact) mass is 557 g/mol. The number of likely N-dealkylation sites (tertiary alicyclic amines) is 1. The van der Waals surface area contributed by atoms with E-state index in [-0.39, 0.29) is 5.92 Å². The normalized spacial score (nSPS) is 16.7. The molecule has 1 aliphatic heterocycles. The lowest BCUT2D eigenvalue weighted by Crippen LogP contribution is -2.27. The average molecular weight is 558 g/mol. The summed E-state index contributed by atoms with van der Waals surface area (Å²) in [4.78, 5) is 2.37. The van der Waals surface area contributed by atoms with E-state index in [4.69, 9.17) is 5.73 Å². The zero-order valence-electron chi connectivity index (χ0n) is 26.9. The Hall–Kier alpha value is -2.82. The Balaban J connectivity index is 1.94. The number of aryl methyl sites for hydroxylation is 1. The van der Waals surface area contributed by atoms with Crippen molar-refractivity contribution in [2.75, 3.05) is 18.4 Å². The number of allylic oxidation sites excluding steroid dienone is 4. The van der Waals surface area contributed by atoms with Crippen LogP contribution < -0.4 is 16.4 Å². The Morgan fingerprint density at radius 1 is 1.02 bits per heavy atom. The lowest BCUT2D eigenvalue weighted by Gasteiger charge is -2.33. The maximum absolute atomic E-state index is 5.74. The molecule has 4 N–H and O–H groups in total. The molecule has 2 unspecified atom stereocenters. The van der Waals surface area contributed by atoms with Gasteiger partial charge < -0.3 is 21.3 Å². The quantitative estimate of drug-likeness (QED) is 0.111.